The summed E-state index contributed by atoms with van der Waals surface area (Å²) in [5.41, 5.74) is 6.92. The first-order chi connectivity index (χ1) is 12.7. The van der Waals surface area contributed by atoms with Crippen LogP contribution >= 0.6 is 0 Å². The highest BCUT2D eigenvalue weighted by Gasteiger charge is 2.46. The molecule has 1 aliphatic heterocycles. The van der Waals surface area contributed by atoms with Crippen LogP contribution in [0.5, 0.6) is 0 Å². The second-order valence-electron chi connectivity index (χ2n) is 6.80. The third-order valence-electron chi connectivity index (χ3n) is 5.13. The van der Waals surface area contributed by atoms with Crippen LogP contribution in [0.1, 0.15) is 38.8 Å². The van der Waals surface area contributed by atoms with Gasteiger partial charge in [-0.15, -0.1) is 0 Å². The molecule has 0 spiro atoms. The minimum atomic E-state index is -0.794. The zero-order chi connectivity index (χ0) is 18.1. The normalized spacial score (nSPS) is 29.8. The minimum Gasteiger partial charge on any atom is -0.387 e. The summed E-state index contributed by atoms with van der Waals surface area (Å²) in [4.78, 5) is 12.5. The Bertz CT molecular complexity index is 748. The first kappa shape index (κ1) is 17.6. The molecule has 0 radical (unpaired) electrons. The molecule has 3 heterocycles. The number of nitrogens with zero attached hydrogens (tertiary/aromatic N) is 4. The first-order valence-corrected chi connectivity index (χ1v) is 9.18. The van der Waals surface area contributed by atoms with Crippen LogP contribution < -0.4 is 5.73 Å². The molecular weight excluding hydrogens is 338 g/mol. The highest BCUT2D eigenvalue weighted by molar-refractivity contribution is 5.81. The van der Waals surface area contributed by atoms with Gasteiger partial charge in [-0.25, -0.2) is 15.0 Å². The van der Waals surface area contributed by atoms with E-state index < -0.39 is 24.5 Å². The van der Waals surface area contributed by atoms with Gasteiger partial charge in [-0.2, -0.15) is 0 Å². The lowest BCUT2D eigenvalue weighted by atomic mass is 10.1. The summed E-state index contributed by atoms with van der Waals surface area (Å²) in [6.07, 6.45) is 5.44. The highest BCUT2D eigenvalue weighted by Crippen LogP contribution is 2.34. The Labute approximate surface area is 151 Å². The summed E-state index contributed by atoms with van der Waals surface area (Å²) in [6.45, 7) is 2.69. The summed E-state index contributed by atoms with van der Waals surface area (Å²) >= 11 is 0. The number of nitrogen functional groups attached to an aromatic ring is 1. The van der Waals surface area contributed by atoms with E-state index in [2.05, 4.69) is 15.0 Å². The van der Waals surface area contributed by atoms with Crippen molar-refractivity contribution in [3.05, 3.63) is 12.7 Å². The van der Waals surface area contributed by atoms with Gasteiger partial charge in [0, 0.05) is 6.61 Å². The maximum absolute atomic E-state index is 10.7. The predicted molar refractivity (Wildman–Crippen MR) is 93.3 cm³/mol. The number of fused-ring (bicyclic) bond motifs is 1. The second-order valence-corrected chi connectivity index (χ2v) is 6.80. The van der Waals surface area contributed by atoms with Crippen molar-refractivity contribution in [3.63, 3.8) is 0 Å². The summed E-state index contributed by atoms with van der Waals surface area (Å²) in [7, 11) is 0. The molecule has 2 fully saturated rings. The lowest BCUT2D eigenvalue weighted by molar-refractivity contribution is -0.0833. The van der Waals surface area contributed by atoms with Crippen molar-refractivity contribution in [2.24, 2.45) is 0 Å². The van der Waals surface area contributed by atoms with Gasteiger partial charge in [0.25, 0.3) is 0 Å². The number of ether oxygens (including phenoxy) is 3. The van der Waals surface area contributed by atoms with E-state index >= 15 is 0 Å². The van der Waals surface area contributed by atoms with E-state index in [4.69, 9.17) is 19.9 Å². The van der Waals surface area contributed by atoms with Crippen molar-refractivity contribution >= 4 is 17.0 Å². The average Bonchev–Trinajstić information content (AvgIpc) is 3.35. The van der Waals surface area contributed by atoms with Crippen molar-refractivity contribution in [1.29, 1.82) is 0 Å². The molecule has 2 aliphatic rings. The van der Waals surface area contributed by atoms with Gasteiger partial charge < -0.3 is 25.1 Å². The molecule has 4 atom stereocenters. The van der Waals surface area contributed by atoms with E-state index in [0.29, 0.717) is 30.2 Å². The molecule has 9 heteroatoms. The minimum absolute atomic E-state index is 0.261. The maximum Gasteiger partial charge on any atom is 0.167 e. The zero-order valence-electron chi connectivity index (χ0n) is 14.8. The number of hydrogen-bond donors (Lipinski definition) is 2. The van der Waals surface area contributed by atoms with Gasteiger partial charge in [0.15, 0.2) is 17.7 Å². The fourth-order valence-electron chi connectivity index (χ4n) is 3.79. The third kappa shape index (κ3) is 3.16. The Morgan fingerprint density at radius 2 is 2.08 bits per heavy atom. The molecule has 1 aliphatic carbocycles. The van der Waals surface area contributed by atoms with Crippen LogP contribution in [0.2, 0.25) is 0 Å². The van der Waals surface area contributed by atoms with Crippen LogP contribution in [-0.2, 0) is 14.2 Å². The number of imidazole rings is 1. The fraction of sp³-hybridized carbons (Fsp3) is 0.706. The Kier molecular flexibility index (Phi) is 5.03. The van der Waals surface area contributed by atoms with E-state index in [0.717, 1.165) is 12.8 Å². The van der Waals surface area contributed by atoms with Crippen molar-refractivity contribution in [3.8, 4) is 0 Å². The van der Waals surface area contributed by atoms with E-state index in [1.807, 2.05) is 6.92 Å². The first-order valence-electron chi connectivity index (χ1n) is 9.18. The fourth-order valence-corrected chi connectivity index (χ4v) is 3.79. The second kappa shape index (κ2) is 7.43. The molecule has 9 nitrogen and oxygen atoms in total. The van der Waals surface area contributed by atoms with Gasteiger partial charge in [-0.3, -0.25) is 4.57 Å². The Morgan fingerprint density at radius 3 is 2.85 bits per heavy atom. The van der Waals surface area contributed by atoms with Crippen molar-refractivity contribution in [1.82, 2.24) is 19.5 Å². The molecule has 4 rings (SSSR count). The van der Waals surface area contributed by atoms with Gasteiger partial charge >= 0.3 is 0 Å². The Balaban J connectivity index is 1.55. The molecule has 3 N–H and O–H groups in total. The molecule has 0 bridgehead atoms. The summed E-state index contributed by atoms with van der Waals surface area (Å²) in [6, 6.07) is 0. The van der Waals surface area contributed by atoms with Crippen LogP contribution in [-0.4, -0.2) is 62.3 Å². The van der Waals surface area contributed by atoms with Crippen molar-refractivity contribution in [2.75, 3.05) is 18.9 Å². The standard InChI is InChI=1S/C17H25N5O4/c1-2-24-14-13(23)11(7-25-10-5-3-4-6-10)26-17(14)22-9-21-12-15(18)19-8-20-16(12)22/h8-11,13-14,17,23H,2-7H2,1H3,(H2,18,19,20)/t11-,13-,14-,17-/m1/s1. The van der Waals surface area contributed by atoms with Gasteiger partial charge in [0.2, 0.25) is 0 Å². The molecule has 0 aromatic carbocycles. The predicted octanol–water partition coefficient (Wildman–Crippen LogP) is 1.03. The molecule has 2 aromatic heterocycles. The summed E-state index contributed by atoms with van der Waals surface area (Å²) < 4.78 is 19.6. The summed E-state index contributed by atoms with van der Waals surface area (Å²) in [5, 5.41) is 10.7. The average molecular weight is 363 g/mol. The van der Waals surface area contributed by atoms with Crippen LogP contribution in [0.25, 0.3) is 11.2 Å². The molecule has 0 unspecified atom stereocenters. The SMILES string of the molecule is CCO[C@@H]1[C@H](O)[C@@H](COC2CCCC2)O[C@H]1n1cnc2c(N)ncnc21. The van der Waals surface area contributed by atoms with Gasteiger partial charge in [0.1, 0.15) is 30.2 Å². The van der Waals surface area contributed by atoms with Crippen molar-refractivity contribution < 1.29 is 19.3 Å². The van der Waals surface area contributed by atoms with E-state index in [1.165, 1.54) is 19.2 Å². The van der Waals surface area contributed by atoms with E-state index in [1.54, 1.807) is 10.9 Å². The molecular formula is C17H25N5O4. The number of hydrogen-bond acceptors (Lipinski definition) is 8. The third-order valence-corrected chi connectivity index (χ3v) is 5.13. The topological polar surface area (TPSA) is 118 Å². The van der Waals surface area contributed by atoms with Crippen LogP contribution in [0.3, 0.4) is 0 Å². The van der Waals surface area contributed by atoms with E-state index in [-0.39, 0.29) is 6.10 Å². The molecule has 2 aromatic rings. The molecule has 142 valence electrons. The molecule has 0 amide bonds. The summed E-state index contributed by atoms with van der Waals surface area (Å²) in [5.74, 6) is 0.307. The number of aromatic nitrogens is 4. The smallest absolute Gasteiger partial charge is 0.167 e. The molecule has 1 saturated carbocycles. The number of anilines is 1. The highest BCUT2D eigenvalue weighted by atomic mass is 16.6. The quantitative estimate of drug-likeness (QED) is 0.781. The maximum atomic E-state index is 10.7. The van der Waals surface area contributed by atoms with Gasteiger partial charge in [0.05, 0.1) is 19.0 Å². The number of rotatable bonds is 6. The Hall–Kier alpha value is -1.81. The molecule has 1 saturated heterocycles. The van der Waals surface area contributed by atoms with Crippen LogP contribution in [0.15, 0.2) is 12.7 Å². The van der Waals surface area contributed by atoms with Crippen LogP contribution in [0.4, 0.5) is 5.82 Å². The van der Waals surface area contributed by atoms with Gasteiger partial charge in [-0.1, -0.05) is 12.8 Å². The van der Waals surface area contributed by atoms with Crippen molar-refractivity contribution in [2.45, 2.75) is 63.3 Å². The molecule has 26 heavy (non-hydrogen) atoms. The number of aliphatic hydroxyl groups is 1. The largest absolute Gasteiger partial charge is 0.387 e. The lowest BCUT2D eigenvalue weighted by Gasteiger charge is -2.21. The lowest BCUT2D eigenvalue weighted by Crippen LogP contribution is -2.36. The monoisotopic (exact) mass is 363 g/mol. The number of aliphatic hydroxyl groups excluding tert-OH is 1. The zero-order valence-corrected chi connectivity index (χ0v) is 14.8. The Morgan fingerprint density at radius 1 is 1.27 bits per heavy atom. The van der Waals surface area contributed by atoms with Crippen LogP contribution in [0, 0.1) is 0 Å². The van der Waals surface area contributed by atoms with E-state index in [9.17, 15) is 5.11 Å². The number of nitrogens with two attached hydrogens (primary N) is 1. The van der Waals surface area contributed by atoms with Gasteiger partial charge in [-0.05, 0) is 19.8 Å².